The van der Waals surface area contributed by atoms with E-state index in [1.165, 1.54) is 6.26 Å². The number of aromatic amines is 1. The standard InChI is InChI=1S/C22H22N4O4S/c1-15-12-16-13-19(6-7-20(16)24-15)30-21-8-9-23-22(26-21)25-17-4-3-5-18(14-17)29-10-11-31(2,27)28/h3-9,12-14,24H,10-11H2,1-2H3,(H,23,25,26). The van der Waals surface area contributed by atoms with Gasteiger partial charge in [0.2, 0.25) is 11.8 Å². The van der Waals surface area contributed by atoms with Gasteiger partial charge in [0.15, 0.2) is 9.84 Å². The molecule has 0 aliphatic rings. The number of aromatic nitrogens is 3. The molecule has 0 saturated carbocycles. The van der Waals surface area contributed by atoms with Gasteiger partial charge >= 0.3 is 0 Å². The summed E-state index contributed by atoms with van der Waals surface area (Å²) < 4.78 is 33.9. The van der Waals surface area contributed by atoms with E-state index in [0.29, 0.717) is 29.0 Å². The van der Waals surface area contributed by atoms with Gasteiger partial charge in [-0.2, -0.15) is 4.98 Å². The zero-order valence-electron chi connectivity index (χ0n) is 17.1. The minimum Gasteiger partial charge on any atom is -0.492 e. The number of nitrogens with one attached hydrogen (secondary N) is 2. The fourth-order valence-corrected chi connectivity index (χ4v) is 3.39. The first-order valence-corrected chi connectivity index (χ1v) is 11.7. The Kier molecular flexibility index (Phi) is 5.77. The SMILES string of the molecule is Cc1cc2cc(Oc3ccnc(Nc4cccc(OCCS(C)(=O)=O)c4)n3)ccc2[nH]1. The van der Waals surface area contributed by atoms with Crippen LogP contribution in [0.4, 0.5) is 11.6 Å². The van der Waals surface area contributed by atoms with Crippen LogP contribution in [0, 0.1) is 6.92 Å². The van der Waals surface area contributed by atoms with E-state index in [9.17, 15) is 8.42 Å². The van der Waals surface area contributed by atoms with Crippen LogP contribution in [0.25, 0.3) is 10.9 Å². The van der Waals surface area contributed by atoms with Gasteiger partial charge in [0.05, 0.1) is 5.75 Å². The van der Waals surface area contributed by atoms with E-state index in [1.807, 2.05) is 31.2 Å². The molecule has 2 aromatic heterocycles. The number of rotatable bonds is 8. The van der Waals surface area contributed by atoms with Crippen molar-refractivity contribution < 1.29 is 17.9 Å². The molecule has 0 fully saturated rings. The molecule has 0 unspecified atom stereocenters. The van der Waals surface area contributed by atoms with Crippen molar-refractivity contribution in [2.75, 3.05) is 23.9 Å². The molecule has 0 amide bonds. The molecule has 0 atom stereocenters. The molecule has 31 heavy (non-hydrogen) atoms. The largest absolute Gasteiger partial charge is 0.492 e. The highest BCUT2D eigenvalue weighted by atomic mass is 32.2. The highest BCUT2D eigenvalue weighted by Crippen LogP contribution is 2.26. The second-order valence-electron chi connectivity index (χ2n) is 7.15. The van der Waals surface area contributed by atoms with E-state index in [-0.39, 0.29) is 12.4 Å². The number of hydrogen-bond acceptors (Lipinski definition) is 7. The molecule has 0 aliphatic heterocycles. The van der Waals surface area contributed by atoms with Crippen LogP contribution in [0.5, 0.6) is 17.4 Å². The normalized spacial score (nSPS) is 11.4. The van der Waals surface area contributed by atoms with Crippen LogP contribution in [-0.2, 0) is 9.84 Å². The Hall–Kier alpha value is -3.59. The number of ether oxygens (including phenoxy) is 2. The zero-order valence-corrected chi connectivity index (χ0v) is 17.9. The summed E-state index contributed by atoms with van der Waals surface area (Å²) in [6.45, 7) is 2.10. The molecule has 2 N–H and O–H groups in total. The van der Waals surface area contributed by atoms with E-state index in [0.717, 1.165) is 16.6 Å². The Balaban J connectivity index is 1.44. The second-order valence-corrected chi connectivity index (χ2v) is 9.41. The fraction of sp³-hybridized carbons (Fsp3) is 0.182. The van der Waals surface area contributed by atoms with Crippen molar-refractivity contribution in [1.29, 1.82) is 0 Å². The number of sulfone groups is 1. The molecule has 0 radical (unpaired) electrons. The maximum Gasteiger partial charge on any atom is 0.230 e. The van der Waals surface area contributed by atoms with Gasteiger partial charge < -0.3 is 19.8 Å². The Morgan fingerprint density at radius 3 is 2.77 bits per heavy atom. The number of aryl methyl sites for hydroxylation is 1. The summed E-state index contributed by atoms with van der Waals surface area (Å²) in [5, 5.41) is 4.17. The molecule has 0 saturated heterocycles. The summed E-state index contributed by atoms with van der Waals surface area (Å²) in [7, 11) is -3.07. The maximum absolute atomic E-state index is 11.2. The number of fused-ring (bicyclic) bond motifs is 1. The summed E-state index contributed by atoms with van der Waals surface area (Å²) in [4.78, 5) is 11.9. The lowest BCUT2D eigenvalue weighted by Crippen LogP contribution is -2.12. The molecule has 4 aromatic rings. The topological polar surface area (TPSA) is 106 Å². The summed E-state index contributed by atoms with van der Waals surface area (Å²) in [6.07, 6.45) is 2.79. The van der Waals surface area contributed by atoms with E-state index in [2.05, 4.69) is 26.3 Å². The zero-order chi connectivity index (χ0) is 21.8. The molecule has 160 valence electrons. The van der Waals surface area contributed by atoms with Crippen molar-refractivity contribution in [1.82, 2.24) is 15.0 Å². The van der Waals surface area contributed by atoms with Gasteiger partial charge in [0.25, 0.3) is 0 Å². The quantitative estimate of drug-likeness (QED) is 0.424. The van der Waals surface area contributed by atoms with Crippen molar-refractivity contribution >= 4 is 32.4 Å². The number of nitrogens with zero attached hydrogens (tertiary/aromatic N) is 2. The highest BCUT2D eigenvalue weighted by Gasteiger charge is 2.07. The number of hydrogen-bond donors (Lipinski definition) is 2. The molecule has 8 nitrogen and oxygen atoms in total. The van der Waals surface area contributed by atoms with Gasteiger partial charge in [-0.1, -0.05) is 6.07 Å². The van der Waals surface area contributed by atoms with E-state index >= 15 is 0 Å². The van der Waals surface area contributed by atoms with Crippen molar-refractivity contribution in [2.45, 2.75) is 6.92 Å². The van der Waals surface area contributed by atoms with Gasteiger partial charge in [-0.25, -0.2) is 13.4 Å². The summed E-state index contributed by atoms with van der Waals surface area (Å²) >= 11 is 0. The Morgan fingerprint density at radius 1 is 1.06 bits per heavy atom. The molecule has 2 aromatic carbocycles. The van der Waals surface area contributed by atoms with E-state index in [4.69, 9.17) is 9.47 Å². The Morgan fingerprint density at radius 2 is 1.94 bits per heavy atom. The summed E-state index contributed by atoms with van der Waals surface area (Å²) in [5.41, 5.74) is 2.84. The van der Waals surface area contributed by atoms with Crippen LogP contribution < -0.4 is 14.8 Å². The third kappa shape index (κ3) is 5.73. The van der Waals surface area contributed by atoms with Crippen molar-refractivity contribution in [3.63, 3.8) is 0 Å². The molecule has 0 bridgehead atoms. The third-order valence-electron chi connectivity index (χ3n) is 4.39. The lowest BCUT2D eigenvalue weighted by Gasteiger charge is -2.10. The van der Waals surface area contributed by atoms with Crippen LogP contribution >= 0.6 is 0 Å². The van der Waals surface area contributed by atoms with Crippen molar-refractivity contribution in [3.05, 3.63) is 66.5 Å². The van der Waals surface area contributed by atoms with Crippen LogP contribution in [0.1, 0.15) is 5.69 Å². The van der Waals surface area contributed by atoms with Crippen LogP contribution in [0.2, 0.25) is 0 Å². The Bertz CT molecular complexity index is 1320. The van der Waals surface area contributed by atoms with Crippen molar-refractivity contribution in [2.24, 2.45) is 0 Å². The van der Waals surface area contributed by atoms with E-state index in [1.54, 1.807) is 30.5 Å². The predicted octanol–water partition coefficient (Wildman–Crippen LogP) is 4.23. The molecule has 0 spiro atoms. The average Bonchev–Trinajstić information content (AvgIpc) is 3.07. The molecule has 9 heteroatoms. The lowest BCUT2D eigenvalue weighted by atomic mass is 10.2. The van der Waals surface area contributed by atoms with Crippen LogP contribution in [0.3, 0.4) is 0 Å². The maximum atomic E-state index is 11.2. The van der Waals surface area contributed by atoms with Crippen molar-refractivity contribution in [3.8, 4) is 17.4 Å². The first kappa shape index (κ1) is 20.7. The monoisotopic (exact) mass is 438 g/mol. The van der Waals surface area contributed by atoms with Gasteiger partial charge in [0.1, 0.15) is 18.1 Å². The molecule has 2 heterocycles. The first-order chi connectivity index (χ1) is 14.8. The highest BCUT2D eigenvalue weighted by molar-refractivity contribution is 7.90. The average molecular weight is 439 g/mol. The third-order valence-corrected chi connectivity index (χ3v) is 5.30. The van der Waals surface area contributed by atoms with Gasteiger partial charge in [-0.3, -0.25) is 0 Å². The molecule has 0 aliphatic carbocycles. The van der Waals surface area contributed by atoms with Gasteiger partial charge in [-0.05, 0) is 43.3 Å². The first-order valence-electron chi connectivity index (χ1n) is 9.62. The minimum atomic E-state index is -3.07. The van der Waals surface area contributed by atoms with Gasteiger partial charge in [0, 0.05) is 46.9 Å². The summed E-state index contributed by atoms with van der Waals surface area (Å²) in [5.74, 6) is 1.96. The Labute approximate surface area is 180 Å². The van der Waals surface area contributed by atoms with Crippen LogP contribution in [-0.4, -0.2) is 42.0 Å². The molecular weight excluding hydrogens is 416 g/mol. The number of benzene rings is 2. The van der Waals surface area contributed by atoms with Gasteiger partial charge in [-0.15, -0.1) is 0 Å². The van der Waals surface area contributed by atoms with Crippen LogP contribution in [0.15, 0.2) is 60.8 Å². The summed E-state index contributed by atoms with van der Waals surface area (Å²) in [6, 6.07) is 16.7. The molecule has 4 rings (SSSR count). The minimum absolute atomic E-state index is 0.0404. The van der Waals surface area contributed by atoms with E-state index < -0.39 is 9.84 Å². The molecular formula is C22H22N4O4S. The smallest absolute Gasteiger partial charge is 0.230 e. The lowest BCUT2D eigenvalue weighted by molar-refractivity contribution is 0.341. The number of anilines is 2. The fourth-order valence-electron chi connectivity index (χ4n) is 3.00. The second kappa shape index (κ2) is 8.65. The predicted molar refractivity (Wildman–Crippen MR) is 120 cm³/mol. The number of H-pyrrole nitrogens is 1.